The molecule has 0 amide bonds. The summed E-state index contributed by atoms with van der Waals surface area (Å²) in [5, 5.41) is 10.7. The number of esters is 1. The lowest BCUT2D eigenvalue weighted by Gasteiger charge is -2.15. The summed E-state index contributed by atoms with van der Waals surface area (Å²) < 4.78 is 4.87. The fraction of sp³-hybridized carbons (Fsp3) is 0.600. The van der Waals surface area contributed by atoms with Crippen LogP contribution in [0.3, 0.4) is 0 Å². The Morgan fingerprint density at radius 3 is 2.86 bits per heavy atom. The van der Waals surface area contributed by atoms with Crippen molar-refractivity contribution in [1.29, 1.82) is 5.41 Å². The number of aryl methyl sites for hydroxylation is 1. The maximum atomic E-state index is 12.0. The molecule has 1 fully saturated rings. The number of aromatic amines is 1. The van der Waals surface area contributed by atoms with Gasteiger partial charge in [-0.3, -0.25) is 9.59 Å². The van der Waals surface area contributed by atoms with Crippen LogP contribution < -0.4 is 10.9 Å². The Morgan fingerprint density at radius 1 is 1.50 bits per heavy atom. The first-order valence-electron chi connectivity index (χ1n) is 7.69. The highest BCUT2D eigenvalue weighted by atomic mass is 16.5. The number of rotatable bonds is 7. The molecule has 0 radical (unpaired) electrons. The van der Waals surface area contributed by atoms with Crippen molar-refractivity contribution in [3.63, 3.8) is 0 Å². The summed E-state index contributed by atoms with van der Waals surface area (Å²) in [4.78, 5) is 30.4. The fourth-order valence-electron chi connectivity index (χ4n) is 2.61. The Hall–Kier alpha value is -2.18. The van der Waals surface area contributed by atoms with Crippen LogP contribution in [0.25, 0.3) is 0 Å². The summed E-state index contributed by atoms with van der Waals surface area (Å²) >= 11 is 0. The molecule has 1 aliphatic carbocycles. The molecule has 7 heteroatoms. The minimum absolute atomic E-state index is 0.170. The van der Waals surface area contributed by atoms with E-state index in [4.69, 9.17) is 10.1 Å². The summed E-state index contributed by atoms with van der Waals surface area (Å²) in [7, 11) is 0. The lowest BCUT2D eigenvalue weighted by Crippen LogP contribution is -2.24. The molecule has 0 aliphatic heterocycles. The van der Waals surface area contributed by atoms with Crippen molar-refractivity contribution in [2.45, 2.75) is 51.5 Å². The van der Waals surface area contributed by atoms with Crippen molar-refractivity contribution < 1.29 is 9.53 Å². The molecule has 0 unspecified atom stereocenters. The van der Waals surface area contributed by atoms with Gasteiger partial charge in [-0.1, -0.05) is 12.8 Å². The van der Waals surface area contributed by atoms with Crippen LogP contribution in [0.2, 0.25) is 0 Å². The van der Waals surface area contributed by atoms with Gasteiger partial charge in [-0.15, -0.1) is 0 Å². The first kappa shape index (κ1) is 16.2. The Balaban J connectivity index is 2.13. The Labute approximate surface area is 129 Å². The lowest BCUT2D eigenvalue weighted by atomic mass is 10.2. The van der Waals surface area contributed by atoms with Crippen molar-refractivity contribution in [3.8, 4) is 0 Å². The lowest BCUT2D eigenvalue weighted by molar-refractivity contribution is -0.143. The average molecular weight is 306 g/mol. The molecule has 0 spiro atoms. The minimum Gasteiger partial charge on any atom is -0.466 e. The van der Waals surface area contributed by atoms with Crippen molar-refractivity contribution >= 4 is 18.0 Å². The molecular formula is C15H22N4O3. The van der Waals surface area contributed by atoms with E-state index in [1.54, 1.807) is 6.92 Å². The highest BCUT2D eigenvalue weighted by molar-refractivity contribution is 5.83. The molecule has 1 aromatic heterocycles. The third-order valence-electron chi connectivity index (χ3n) is 3.72. The number of hydrogen-bond donors (Lipinski definition) is 3. The molecule has 1 heterocycles. The van der Waals surface area contributed by atoms with E-state index in [9.17, 15) is 9.59 Å². The number of ether oxygens (including phenoxy) is 1. The molecule has 2 rings (SSSR count). The van der Waals surface area contributed by atoms with E-state index in [0.29, 0.717) is 30.7 Å². The second kappa shape index (κ2) is 7.72. The fourth-order valence-corrected chi connectivity index (χ4v) is 2.61. The second-order valence-electron chi connectivity index (χ2n) is 5.35. The van der Waals surface area contributed by atoms with E-state index in [1.165, 1.54) is 0 Å². The van der Waals surface area contributed by atoms with Gasteiger partial charge in [0.1, 0.15) is 11.6 Å². The normalized spacial score (nSPS) is 14.8. The van der Waals surface area contributed by atoms with E-state index < -0.39 is 0 Å². The topological polar surface area (TPSA) is 108 Å². The molecule has 7 nitrogen and oxygen atoms in total. The standard InChI is InChI=1S/C15H22N4O3/c1-2-22-13(20)8-7-12-18-14(11(9-16)15(21)19-12)17-10-5-3-4-6-10/h9-10,16H,2-8H2,1H3,(H2,17,18,19,21). The number of hydrogen-bond acceptors (Lipinski definition) is 6. The largest absolute Gasteiger partial charge is 0.466 e. The molecule has 0 saturated heterocycles. The number of anilines is 1. The Morgan fingerprint density at radius 2 is 2.23 bits per heavy atom. The van der Waals surface area contributed by atoms with E-state index in [1.807, 2.05) is 0 Å². The van der Waals surface area contributed by atoms with Gasteiger partial charge < -0.3 is 20.4 Å². The molecular weight excluding hydrogens is 284 g/mol. The predicted octanol–water partition coefficient (Wildman–Crippen LogP) is 1.62. The van der Waals surface area contributed by atoms with Gasteiger partial charge in [0.05, 0.1) is 18.6 Å². The average Bonchev–Trinajstić information content (AvgIpc) is 2.98. The molecule has 1 aromatic rings. The van der Waals surface area contributed by atoms with Crippen LogP contribution in [0.15, 0.2) is 4.79 Å². The third kappa shape index (κ3) is 4.16. The molecule has 0 bridgehead atoms. The predicted molar refractivity (Wildman–Crippen MR) is 83.6 cm³/mol. The van der Waals surface area contributed by atoms with E-state index >= 15 is 0 Å². The van der Waals surface area contributed by atoms with Gasteiger partial charge in [0.15, 0.2) is 0 Å². The minimum atomic E-state index is -0.357. The van der Waals surface area contributed by atoms with Crippen molar-refractivity contribution in [2.24, 2.45) is 0 Å². The van der Waals surface area contributed by atoms with Crippen LogP contribution >= 0.6 is 0 Å². The Kier molecular flexibility index (Phi) is 5.68. The van der Waals surface area contributed by atoms with Gasteiger partial charge >= 0.3 is 5.97 Å². The van der Waals surface area contributed by atoms with Crippen molar-refractivity contribution in [2.75, 3.05) is 11.9 Å². The maximum Gasteiger partial charge on any atom is 0.306 e. The van der Waals surface area contributed by atoms with E-state index in [-0.39, 0.29) is 23.5 Å². The summed E-state index contributed by atoms with van der Waals surface area (Å²) in [6.45, 7) is 2.09. The zero-order valence-electron chi connectivity index (χ0n) is 12.8. The number of carbonyl (C=O) groups excluding carboxylic acids is 1. The highest BCUT2D eigenvalue weighted by Crippen LogP contribution is 2.22. The van der Waals surface area contributed by atoms with E-state index in [0.717, 1.165) is 31.9 Å². The van der Waals surface area contributed by atoms with Crippen LogP contribution in [0.4, 0.5) is 5.82 Å². The Bertz CT molecular complexity index is 591. The quantitative estimate of drug-likeness (QED) is 0.524. The molecule has 1 aliphatic rings. The summed E-state index contributed by atoms with van der Waals surface area (Å²) in [6.07, 6.45) is 5.91. The smallest absolute Gasteiger partial charge is 0.306 e. The summed E-state index contributed by atoms with van der Waals surface area (Å²) in [5.74, 6) is 0.556. The van der Waals surface area contributed by atoms with Gasteiger partial charge in [-0.25, -0.2) is 4.98 Å². The zero-order valence-corrected chi connectivity index (χ0v) is 12.8. The monoisotopic (exact) mass is 306 g/mol. The van der Waals surface area contributed by atoms with Crippen LogP contribution in [-0.4, -0.2) is 34.8 Å². The maximum absolute atomic E-state index is 12.0. The third-order valence-corrected chi connectivity index (χ3v) is 3.72. The van der Waals surface area contributed by atoms with Gasteiger partial charge in [-0.05, 0) is 19.8 Å². The first-order valence-corrected chi connectivity index (χ1v) is 7.69. The summed E-state index contributed by atoms with van der Waals surface area (Å²) in [6, 6.07) is 0.297. The number of H-pyrrole nitrogens is 1. The van der Waals surface area contributed by atoms with Gasteiger partial charge in [-0.2, -0.15) is 0 Å². The van der Waals surface area contributed by atoms with Crippen molar-refractivity contribution in [1.82, 2.24) is 9.97 Å². The van der Waals surface area contributed by atoms with Gasteiger partial charge in [0, 0.05) is 18.7 Å². The van der Waals surface area contributed by atoms with Crippen LogP contribution in [-0.2, 0) is 16.0 Å². The van der Waals surface area contributed by atoms with Crippen LogP contribution in [0, 0.1) is 5.41 Å². The second-order valence-corrected chi connectivity index (χ2v) is 5.35. The summed E-state index contributed by atoms with van der Waals surface area (Å²) in [5.41, 5.74) is -0.129. The highest BCUT2D eigenvalue weighted by Gasteiger charge is 2.18. The van der Waals surface area contributed by atoms with Crippen LogP contribution in [0.1, 0.15) is 50.4 Å². The van der Waals surface area contributed by atoms with Crippen LogP contribution in [0.5, 0.6) is 0 Å². The molecule has 0 aromatic carbocycles. The number of nitrogens with one attached hydrogen (secondary N) is 3. The van der Waals surface area contributed by atoms with Gasteiger partial charge in [0.2, 0.25) is 0 Å². The molecule has 1 saturated carbocycles. The molecule has 120 valence electrons. The molecule has 3 N–H and O–H groups in total. The first-order chi connectivity index (χ1) is 10.6. The number of nitrogens with zero attached hydrogens (tertiary/aromatic N) is 1. The molecule has 0 atom stereocenters. The molecule has 22 heavy (non-hydrogen) atoms. The number of carbonyl (C=O) groups is 1. The number of aromatic nitrogens is 2. The zero-order chi connectivity index (χ0) is 15.9. The van der Waals surface area contributed by atoms with E-state index in [2.05, 4.69) is 15.3 Å². The van der Waals surface area contributed by atoms with Gasteiger partial charge in [0.25, 0.3) is 5.56 Å². The van der Waals surface area contributed by atoms with Crippen molar-refractivity contribution in [3.05, 3.63) is 21.7 Å². The SMILES string of the molecule is CCOC(=O)CCc1nc(NC2CCCC2)c(C=N)c(=O)[nH]1.